The average molecular weight is 870 g/mol. The summed E-state index contributed by atoms with van der Waals surface area (Å²) >= 11 is 0. The van der Waals surface area contributed by atoms with Crippen LogP contribution in [0.25, 0.3) is 0 Å². The van der Waals surface area contributed by atoms with Gasteiger partial charge < -0.3 is 15.0 Å². The van der Waals surface area contributed by atoms with Crippen molar-refractivity contribution >= 4 is 39.5 Å². The first-order valence-corrected chi connectivity index (χ1v) is 24.9. The lowest BCUT2D eigenvalue weighted by Gasteiger charge is -2.43. The second-order valence-corrected chi connectivity index (χ2v) is 24.0. The number of ketones is 2. The van der Waals surface area contributed by atoms with Crippen molar-refractivity contribution < 1.29 is 37.1 Å². The van der Waals surface area contributed by atoms with Gasteiger partial charge in [0.25, 0.3) is 0 Å². The van der Waals surface area contributed by atoms with Crippen LogP contribution in [0, 0.1) is 44.3 Å². The van der Waals surface area contributed by atoms with Crippen LogP contribution < -0.4 is 10.0 Å². The zero-order valence-corrected chi connectivity index (χ0v) is 39.2. The normalized spacial score (nSPS) is 32.9. The van der Waals surface area contributed by atoms with E-state index in [2.05, 4.69) is 56.1 Å². The maximum Gasteiger partial charge on any atom is 0.303 e. The van der Waals surface area contributed by atoms with Crippen LogP contribution >= 0.6 is 0 Å². The summed E-state index contributed by atoms with van der Waals surface area (Å²) in [6, 6.07) is -1.81. The minimum absolute atomic E-state index is 0.00809. The van der Waals surface area contributed by atoms with Gasteiger partial charge in [0.15, 0.2) is 11.6 Å². The summed E-state index contributed by atoms with van der Waals surface area (Å²) < 4.78 is 36.0. The fourth-order valence-electron chi connectivity index (χ4n) is 13.2. The predicted molar refractivity (Wildman–Crippen MR) is 233 cm³/mol. The number of hydrogen-bond acceptors (Lipinski definition) is 9. The molecule has 0 unspecified atom stereocenters. The van der Waals surface area contributed by atoms with Gasteiger partial charge in [-0.2, -0.15) is 12.7 Å². The third-order valence-corrected chi connectivity index (χ3v) is 19.1. The highest BCUT2D eigenvalue weighted by Crippen LogP contribution is 2.88. The van der Waals surface area contributed by atoms with Crippen LogP contribution in [0.4, 0.5) is 0 Å². The largest absolute Gasteiger partial charge is 0.381 e. The Labute approximate surface area is 365 Å². The number of rotatable bonds is 15. The Morgan fingerprint density at radius 3 is 2.05 bits per heavy atom. The van der Waals surface area contributed by atoms with Crippen LogP contribution in [0.5, 0.6) is 0 Å². The SMILES string of the molecule is C=C[C@@H]1C[C@]1(CC(=O)[C@@H]1C[C@@]2(CN1C(=O)[C@@H](CC(=O)[C@@H](NC(=O)[C@@H]1CCCCN1C(C)C)C(C)(C)C)C1(C)CCOCC1)C(C)(C)C21CCC1)C(=O)NS(=O)(=O)N1CCCC1. The second kappa shape index (κ2) is 16.4. The first-order chi connectivity index (χ1) is 28.5. The Bertz CT molecular complexity index is 1880. The number of amides is 3. The summed E-state index contributed by atoms with van der Waals surface area (Å²) in [6.45, 7) is 23.4. The number of carbonyl (C=O) groups is 5. The zero-order valence-electron chi connectivity index (χ0n) is 38.4. The molecule has 0 aromatic heterocycles. The van der Waals surface area contributed by atoms with Crippen molar-refractivity contribution in [2.45, 2.75) is 169 Å². The number of ether oxygens (including phenoxy) is 1. The van der Waals surface area contributed by atoms with E-state index in [4.69, 9.17) is 4.74 Å². The summed E-state index contributed by atoms with van der Waals surface area (Å²) in [5, 5.41) is 3.19. The van der Waals surface area contributed by atoms with Crippen molar-refractivity contribution in [1.29, 1.82) is 0 Å². The quantitative estimate of drug-likeness (QED) is 0.200. The molecule has 13 nitrogen and oxygen atoms in total. The van der Waals surface area contributed by atoms with E-state index < -0.39 is 50.4 Å². The lowest BCUT2D eigenvalue weighted by atomic mass is 9.67. The van der Waals surface area contributed by atoms with Crippen LogP contribution in [0.1, 0.15) is 145 Å². The lowest BCUT2D eigenvalue weighted by molar-refractivity contribution is -0.150. The number of Topliss-reactive ketones (excluding diaryl/α,β-unsaturated/α-hetero) is 2. The van der Waals surface area contributed by atoms with E-state index in [0.29, 0.717) is 58.5 Å². The van der Waals surface area contributed by atoms with Gasteiger partial charge in [-0.05, 0) is 112 Å². The molecule has 7 fully saturated rings. The summed E-state index contributed by atoms with van der Waals surface area (Å²) in [6.07, 6.45) is 10.5. The molecule has 7 rings (SSSR count). The number of fused-ring (bicyclic) bond motifs is 1. The number of hydrogen-bond donors (Lipinski definition) is 2. The molecule has 0 radical (unpaired) electrons. The van der Waals surface area contributed by atoms with Gasteiger partial charge in [0.05, 0.1) is 29.5 Å². The summed E-state index contributed by atoms with van der Waals surface area (Å²) in [5.41, 5.74) is -2.92. The molecule has 4 saturated heterocycles. The second-order valence-electron chi connectivity index (χ2n) is 22.4. The van der Waals surface area contributed by atoms with E-state index in [1.807, 2.05) is 20.8 Å². The van der Waals surface area contributed by atoms with E-state index in [1.165, 1.54) is 4.31 Å². The molecule has 4 aliphatic heterocycles. The standard InChI is InChI=1S/C47H75N5O8S/c1-10-32-27-45(32,41(57)49-61(58,59)50-21-13-14-22-50)29-37(54)35-28-47(43(7,8)46(47)17-15-18-46)30-52(35)40(56)33(44(9)19-24-60-25-20-44)26-36(53)38(42(4,5)6)48-39(55)34-16-11-12-23-51(34)31(2)3/h10,31-35,38H,1,11-30H2,2-9H3,(H,48,55)(H,49,57)/t32-,33-,34+,35+,38-,45-,47-/m1/s1. The van der Waals surface area contributed by atoms with Gasteiger partial charge in [-0.15, -0.1) is 6.58 Å². The Hall–Kier alpha value is -2.68. The highest BCUT2D eigenvalue weighted by Gasteiger charge is 2.85. The molecule has 2 spiro atoms. The van der Waals surface area contributed by atoms with Crippen molar-refractivity contribution in [3.8, 4) is 0 Å². The van der Waals surface area contributed by atoms with E-state index in [9.17, 15) is 22.8 Å². The van der Waals surface area contributed by atoms with Crippen LogP contribution in [0.15, 0.2) is 12.7 Å². The molecule has 2 N–H and O–H groups in total. The van der Waals surface area contributed by atoms with Gasteiger partial charge >= 0.3 is 10.2 Å². The molecular formula is C47H75N5O8S. The van der Waals surface area contributed by atoms with Gasteiger partial charge in [-0.1, -0.05) is 60.5 Å². The van der Waals surface area contributed by atoms with Gasteiger partial charge in [0.2, 0.25) is 17.7 Å². The van der Waals surface area contributed by atoms with Gasteiger partial charge in [-0.25, -0.2) is 4.72 Å². The fraction of sp³-hybridized carbons (Fsp3) is 0.851. The number of allylic oxidation sites excluding steroid dienone is 1. The average Bonchev–Trinajstić information content (AvgIpc) is 3.63. The molecule has 3 amide bonds. The fourth-order valence-corrected chi connectivity index (χ4v) is 14.5. The molecule has 342 valence electrons. The highest BCUT2D eigenvalue weighted by atomic mass is 32.2. The molecule has 0 aromatic carbocycles. The predicted octanol–water partition coefficient (Wildman–Crippen LogP) is 5.58. The zero-order chi connectivity index (χ0) is 44.6. The molecule has 61 heavy (non-hydrogen) atoms. The maximum atomic E-state index is 15.7. The molecular weight excluding hydrogens is 795 g/mol. The van der Waals surface area contributed by atoms with Crippen molar-refractivity contribution in [2.24, 2.45) is 44.3 Å². The number of piperidine rings is 1. The number of nitrogens with one attached hydrogen (secondary N) is 2. The number of likely N-dealkylation sites (tertiary alicyclic amines) is 2. The van der Waals surface area contributed by atoms with E-state index in [-0.39, 0.29) is 70.5 Å². The third-order valence-electron chi connectivity index (χ3n) is 17.6. The van der Waals surface area contributed by atoms with E-state index >= 15 is 9.59 Å². The topological polar surface area (TPSA) is 162 Å². The lowest BCUT2D eigenvalue weighted by Crippen LogP contribution is -2.58. The summed E-state index contributed by atoms with van der Waals surface area (Å²) in [7, 11) is -4.08. The monoisotopic (exact) mass is 870 g/mol. The van der Waals surface area contributed by atoms with Gasteiger partial charge in [-0.3, -0.25) is 28.9 Å². The van der Waals surface area contributed by atoms with Crippen LogP contribution in [0.3, 0.4) is 0 Å². The molecule has 3 saturated carbocycles. The summed E-state index contributed by atoms with van der Waals surface area (Å²) in [4.78, 5) is 77.7. The Morgan fingerprint density at radius 1 is 0.869 bits per heavy atom. The first-order valence-electron chi connectivity index (χ1n) is 23.5. The molecule has 4 heterocycles. The third kappa shape index (κ3) is 7.87. The number of nitrogens with zero attached hydrogens (tertiary/aromatic N) is 3. The Morgan fingerprint density at radius 2 is 1.51 bits per heavy atom. The molecule has 0 bridgehead atoms. The van der Waals surface area contributed by atoms with Crippen molar-refractivity contribution in [1.82, 2.24) is 24.1 Å². The Balaban J connectivity index is 1.19. The Kier molecular flexibility index (Phi) is 12.4. The molecule has 14 heteroatoms. The van der Waals surface area contributed by atoms with Crippen LogP contribution in [-0.2, 0) is 38.9 Å². The molecule has 7 atom stereocenters. The smallest absolute Gasteiger partial charge is 0.303 e. The van der Waals surface area contributed by atoms with Gasteiger partial charge in [0.1, 0.15) is 0 Å². The van der Waals surface area contributed by atoms with E-state index in [1.54, 1.807) is 11.0 Å². The molecule has 3 aliphatic carbocycles. The van der Waals surface area contributed by atoms with Crippen LogP contribution in [0.2, 0.25) is 0 Å². The summed E-state index contributed by atoms with van der Waals surface area (Å²) in [5.74, 6) is -2.67. The van der Waals surface area contributed by atoms with Crippen molar-refractivity contribution in [2.75, 3.05) is 39.4 Å². The molecule has 0 aromatic rings. The van der Waals surface area contributed by atoms with Crippen molar-refractivity contribution in [3.63, 3.8) is 0 Å². The van der Waals surface area contributed by atoms with Gasteiger partial charge in [0, 0.05) is 57.1 Å². The minimum atomic E-state index is -4.08. The molecule has 7 aliphatic rings. The minimum Gasteiger partial charge on any atom is -0.381 e. The highest BCUT2D eigenvalue weighted by molar-refractivity contribution is 7.87. The first kappa shape index (κ1) is 46.3. The van der Waals surface area contributed by atoms with E-state index in [0.717, 1.165) is 57.9 Å². The number of carbonyl (C=O) groups excluding carboxylic acids is 5. The maximum absolute atomic E-state index is 15.7. The van der Waals surface area contributed by atoms with Crippen molar-refractivity contribution in [3.05, 3.63) is 12.7 Å². The van der Waals surface area contributed by atoms with Crippen LogP contribution in [-0.4, -0.2) is 115 Å².